The lowest BCUT2D eigenvalue weighted by Gasteiger charge is -2.40. The minimum Gasteiger partial charge on any atom is -0.394 e. The smallest absolute Gasteiger partial charge is 0.220 e. The molecule has 9 nitrogen and oxygen atoms in total. The van der Waals surface area contributed by atoms with Gasteiger partial charge in [0.25, 0.3) is 0 Å². The fourth-order valence-corrected chi connectivity index (χ4v) is 9.69. The number of ether oxygens (including phenoxy) is 2. The van der Waals surface area contributed by atoms with Gasteiger partial charge >= 0.3 is 0 Å². The van der Waals surface area contributed by atoms with Crippen LogP contribution in [0.25, 0.3) is 0 Å². The Hall–Kier alpha value is -1.07. The Morgan fingerprint density at radius 2 is 0.821 bits per heavy atom. The number of amides is 1. The molecule has 1 fully saturated rings. The van der Waals surface area contributed by atoms with Crippen LogP contribution in [-0.4, -0.2) is 87.5 Å². The van der Waals surface area contributed by atoms with E-state index in [1.165, 1.54) is 238 Å². The molecule has 0 aromatic carbocycles. The first-order valence-electron chi connectivity index (χ1n) is 29.4. The van der Waals surface area contributed by atoms with Crippen molar-refractivity contribution in [3.8, 4) is 0 Å². The predicted octanol–water partition coefficient (Wildman–Crippen LogP) is 14.4. The third-order valence-electron chi connectivity index (χ3n) is 14.4. The zero-order valence-corrected chi connectivity index (χ0v) is 44.2. The number of hydrogen-bond donors (Lipinski definition) is 6. The van der Waals surface area contributed by atoms with Crippen molar-refractivity contribution in [3.05, 3.63) is 12.2 Å². The van der Waals surface area contributed by atoms with Crippen LogP contribution in [0.15, 0.2) is 12.2 Å². The molecule has 1 rings (SSSR count). The van der Waals surface area contributed by atoms with E-state index in [4.69, 9.17) is 9.47 Å². The van der Waals surface area contributed by atoms with Crippen molar-refractivity contribution in [1.29, 1.82) is 0 Å². The first-order chi connectivity index (χ1) is 32.8. The van der Waals surface area contributed by atoms with Crippen LogP contribution < -0.4 is 5.32 Å². The number of aliphatic hydroxyl groups is 5. The molecule has 0 aromatic heterocycles. The Bertz CT molecular complexity index is 1060. The van der Waals surface area contributed by atoms with Gasteiger partial charge in [-0.25, -0.2) is 0 Å². The molecule has 7 unspecified atom stereocenters. The molecule has 0 aliphatic carbocycles. The number of hydrogen-bond acceptors (Lipinski definition) is 8. The zero-order chi connectivity index (χ0) is 48.7. The lowest BCUT2D eigenvalue weighted by Crippen LogP contribution is -2.60. The third kappa shape index (κ3) is 38.3. The number of unbranched alkanes of at least 4 members (excludes halogenated alkanes) is 41. The van der Waals surface area contributed by atoms with Crippen molar-refractivity contribution in [2.75, 3.05) is 13.2 Å². The van der Waals surface area contributed by atoms with Gasteiger partial charge in [-0.1, -0.05) is 283 Å². The number of carbonyl (C=O) groups excluding carboxylic acids is 1. The number of rotatable bonds is 51. The van der Waals surface area contributed by atoms with Crippen LogP contribution in [0.4, 0.5) is 0 Å². The molecule has 6 N–H and O–H groups in total. The lowest BCUT2D eigenvalue weighted by atomic mass is 9.99. The van der Waals surface area contributed by atoms with E-state index >= 15 is 0 Å². The summed E-state index contributed by atoms with van der Waals surface area (Å²) >= 11 is 0. The van der Waals surface area contributed by atoms with Gasteiger partial charge in [0.15, 0.2) is 6.29 Å². The molecule has 0 bridgehead atoms. The van der Waals surface area contributed by atoms with E-state index in [1.54, 1.807) is 6.08 Å². The van der Waals surface area contributed by atoms with Crippen LogP contribution in [0.3, 0.4) is 0 Å². The monoisotopic (exact) mass is 952 g/mol. The molecule has 0 radical (unpaired) electrons. The quantitative estimate of drug-likeness (QED) is 0.0261. The Balaban J connectivity index is 2.19. The van der Waals surface area contributed by atoms with Gasteiger partial charge in [-0.15, -0.1) is 0 Å². The summed E-state index contributed by atoms with van der Waals surface area (Å²) in [6.45, 7) is 3.82. The molecule has 9 heteroatoms. The van der Waals surface area contributed by atoms with Gasteiger partial charge in [-0.2, -0.15) is 0 Å². The minimum absolute atomic E-state index is 0.169. The average molecular weight is 953 g/mol. The fraction of sp³-hybridized carbons (Fsp3) is 0.948. The van der Waals surface area contributed by atoms with E-state index in [-0.39, 0.29) is 12.5 Å². The maximum absolute atomic E-state index is 13.1. The van der Waals surface area contributed by atoms with Gasteiger partial charge in [0, 0.05) is 6.42 Å². The highest BCUT2D eigenvalue weighted by Gasteiger charge is 2.44. The van der Waals surface area contributed by atoms with Crippen LogP contribution in [0.5, 0.6) is 0 Å². The Morgan fingerprint density at radius 1 is 0.493 bits per heavy atom. The van der Waals surface area contributed by atoms with Crippen LogP contribution in [-0.2, 0) is 14.3 Å². The Labute approximate surface area is 414 Å². The number of allylic oxidation sites excluding steroid dienone is 1. The van der Waals surface area contributed by atoms with Gasteiger partial charge < -0.3 is 40.3 Å². The summed E-state index contributed by atoms with van der Waals surface area (Å²) in [5.41, 5.74) is 0. The van der Waals surface area contributed by atoms with Gasteiger partial charge in [0.2, 0.25) is 5.91 Å². The number of aliphatic hydroxyl groups excluding tert-OH is 5. The predicted molar refractivity (Wildman–Crippen MR) is 281 cm³/mol. The van der Waals surface area contributed by atoms with Crippen LogP contribution in [0.1, 0.15) is 296 Å². The van der Waals surface area contributed by atoms with Crippen molar-refractivity contribution in [1.82, 2.24) is 5.32 Å². The van der Waals surface area contributed by atoms with Crippen molar-refractivity contribution in [2.24, 2.45) is 0 Å². The standard InChI is InChI=1S/C58H113NO8/c1-3-5-7-9-11-13-15-17-19-21-23-24-25-26-27-28-29-30-32-34-36-38-40-42-44-46-48-54(62)59-51(50-66-58-57(65)56(64)55(63)53(49-60)67-58)52(61)47-45-43-41-39-37-35-33-31-22-20-18-16-14-12-10-8-6-4-2/h45,47,51-53,55-58,60-61,63-65H,3-44,46,48-50H2,1-2H3,(H,59,62)/b47-45+. The van der Waals surface area contributed by atoms with E-state index in [2.05, 4.69) is 19.2 Å². The van der Waals surface area contributed by atoms with E-state index in [1.807, 2.05) is 6.08 Å². The van der Waals surface area contributed by atoms with Crippen molar-refractivity contribution < 1.29 is 39.8 Å². The second-order valence-electron chi connectivity index (χ2n) is 20.8. The summed E-state index contributed by atoms with van der Waals surface area (Å²) in [4.78, 5) is 13.1. The summed E-state index contributed by atoms with van der Waals surface area (Å²) in [6, 6.07) is -0.800. The highest BCUT2D eigenvalue weighted by Crippen LogP contribution is 2.23. The van der Waals surface area contributed by atoms with Crippen LogP contribution in [0.2, 0.25) is 0 Å². The van der Waals surface area contributed by atoms with E-state index in [0.29, 0.717) is 6.42 Å². The Morgan fingerprint density at radius 3 is 1.16 bits per heavy atom. The molecule has 0 aromatic rings. The molecule has 1 amide bonds. The molecule has 67 heavy (non-hydrogen) atoms. The van der Waals surface area contributed by atoms with Crippen molar-refractivity contribution >= 4 is 5.91 Å². The molecule has 1 aliphatic heterocycles. The normalized spacial score (nSPS) is 19.7. The van der Waals surface area contributed by atoms with Crippen molar-refractivity contribution in [2.45, 2.75) is 339 Å². The van der Waals surface area contributed by atoms with Crippen LogP contribution in [0, 0.1) is 0 Å². The van der Waals surface area contributed by atoms with E-state index in [0.717, 1.165) is 38.5 Å². The van der Waals surface area contributed by atoms with E-state index in [9.17, 15) is 30.3 Å². The van der Waals surface area contributed by atoms with Gasteiger partial charge in [-0.3, -0.25) is 4.79 Å². The summed E-state index contributed by atoms with van der Waals surface area (Å²) in [7, 11) is 0. The second kappa shape index (κ2) is 48.6. The summed E-state index contributed by atoms with van der Waals surface area (Å²) in [6.07, 6.45) is 52.8. The zero-order valence-electron chi connectivity index (χ0n) is 44.2. The first kappa shape index (κ1) is 63.9. The molecule has 7 atom stereocenters. The second-order valence-corrected chi connectivity index (χ2v) is 20.8. The first-order valence-corrected chi connectivity index (χ1v) is 29.4. The topological polar surface area (TPSA) is 149 Å². The largest absolute Gasteiger partial charge is 0.394 e. The molecule has 1 saturated heterocycles. The summed E-state index contributed by atoms with van der Waals surface area (Å²) in [5, 5.41) is 54.5. The molecular formula is C58H113NO8. The van der Waals surface area contributed by atoms with E-state index < -0.39 is 49.5 Å². The highest BCUT2D eigenvalue weighted by atomic mass is 16.7. The molecule has 0 spiro atoms. The number of carbonyl (C=O) groups is 1. The van der Waals surface area contributed by atoms with Gasteiger partial charge in [-0.05, 0) is 19.3 Å². The highest BCUT2D eigenvalue weighted by molar-refractivity contribution is 5.76. The molecule has 1 heterocycles. The van der Waals surface area contributed by atoms with Gasteiger partial charge in [0.05, 0.1) is 25.4 Å². The van der Waals surface area contributed by atoms with Gasteiger partial charge in [0.1, 0.15) is 24.4 Å². The minimum atomic E-state index is -1.56. The van der Waals surface area contributed by atoms with Crippen molar-refractivity contribution in [3.63, 3.8) is 0 Å². The number of nitrogens with one attached hydrogen (secondary N) is 1. The summed E-state index contributed by atoms with van der Waals surface area (Å²) < 4.78 is 11.3. The van der Waals surface area contributed by atoms with Crippen LogP contribution >= 0.6 is 0 Å². The molecular weight excluding hydrogens is 839 g/mol. The Kier molecular flexibility index (Phi) is 46.3. The average Bonchev–Trinajstić information content (AvgIpc) is 3.33. The maximum Gasteiger partial charge on any atom is 0.220 e. The molecule has 398 valence electrons. The summed E-state index contributed by atoms with van der Waals surface area (Å²) in [5.74, 6) is -0.169. The third-order valence-corrected chi connectivity index (χ3v) is 14.4. The molecule has 0 saturated carbocycles. The molecule has 1 aliphatic rings. The lowest BCUT2D eigenvalue weighted by molar-refractivity contribution is -0.302. The fourth-order valence-electron chi connectivity index (χ4n) is 9.69. The maximum atomic E-state index is 13.1. The SMILES string of the molecule is CCCCCCCCCCCCCCCCCC/C=C/C(O)C(COC1OC(CO)C(O)C(O)C1O)NC(=O)CCCCCCCCCCCCCCCCCCCCCCCCCCCC.